The van der Waals surface area contributed by atoms with Gasteiger partial charge < -0.3 is 9.64 Å². The summed E-state index contributed by atoms with van der Waals surface area (Å²) >= 11 is 0. The van der Waals surface area contributed by atoms with Crippen molar-refractivity contribution in [2.24, 2.45) is 0 Å². The molecular weight excluding hydrogens is 286 g/mol. The van der Waals surface area contributed by atoms with Crippen LogP contribution in [-0.2, 0) is 0 Å². The summed E-state index contributed by atoms with van der Waals surface area (Å²) in [6, 6.07) is 15.9. The molecule has 0 saturated heterocycles. The van der Waals surface area contributed by atoms with Crippen LogP contribution in [0, 0.1) is 11.3 Å². The van der Waals surface area contributed by atoms with Crippen molar-refractivity contribution in [3.8, 4) is 23.1 Å². The van der Waals surface area contributed by atoms with Crippen molar-refractivity contribution in [1.29, 1.82) is 5.26 Å². The van der Waals surface area contributed by atoms with Crippen LogP contribution in [0.2, 0.25) is 0 Å². The molecule has 114 valence electrons. The lowest BCUT2D eigenvalue weighted by Crippen LogP contribution is -2.08. The van der Waals surface area contributed by atoms with E-state index in [4.69, 9.17) is 10.00 Å². The molecule has 0 N–H and O–H groups in total. The van der Waals surface area contributed by atoms with Gasteiger partial charge in [-0.25, -0.2) is 4.98 Å². The van der Waals surface area contributed by atoms with E-state index in [-0.39, 0.29) is 0 Å². The number of nitrogens with zero attached hydrogens (tertiary/aromatic N) is 3. The lowest BCUT2D eigenvalue weighted by atomic mass is 9.99. The highest BCUT2D eigenvalue weighted by molar-refractivity contribution is 6.00. The number of ether oxygens (including phenoxy) is 1. The zero-order valence-corrected chi connectivity index (χ0v) is 13.4. The van der Waals surface area contributed by atoms with Gasteiger partial charge in [-0.05, 0) is 35.2 Å². The molecule has 0 unspecified atom stereocenters. The fraction of sp³-hybridized carbons (Fsp3) is 0.158. The van der Waals surface area contributed by atoms with E-state index in [1.54, 1.807) is 7.11 Å². The molecule has 2 aromatic carbocycles. The second-order valence-electron chi connectivity index (χ2n) is 5.49. The molecule has 3 rings (SSSR count). The summed E-state index contributed by atoms with van der Waals surface area (Å²) < 4.78 is 5.42. The number of anilines is 1. The van der Waals surface area contributed by atoms with Gasteiger partial charge >= 0.3 is 0 Å². The van der Waals surface area contributed by atoms with Crippen LogP contribution in [0.15, 0.2) is 48.7 Å². The predicted octanol–water partition coefficient (Wildman–Crippen LogP) is 3.85. The number of fused-ring (bicyclic) bond motifs is 1. The van der Waals surface area contributed by atoms with Crippen LogP contribution < -0.4 is 9.64 Å². The molecule has 0 aliphatic carbocycles. The third kappa shape index (κ3) is 2.69. The van der Waals surface area contributed by atoms with Crippen molar-refractivity contribution in [3.63, 3.8) is 0 Å². The molecule has 1 heterocycles. The van der Waals surface area contributed by atoms with Crippen LogP contribution in [0.4, 0.5) is 5.69 Å². The summed E-state index contributed by atoms with van der Waals surface area (Å²) in [5, 5.41) is 11.0. The largest absolute Gasteiger partial charge is 0.481 e. The van der Waals surface area contributed by atoms with Gasteiger partial charge in [0.25, 0.3) is 0 Å². The number of hydrogen-bond donors (Lipinski definition) is 0. The second kappa shape index (κ2) is 5.98. The molecule has 0 aliphatic heterocycles. The average Bonchev–Trinajstić information content (AvgIpc) is 2.60. The maximum absolute atomic E-state index is 8.94. The molecule has 4 heteroatoms. The summed E-state index contributed by atoms with van der Waals surface area (Å²) in [6.07, 6.45) is 1.82. The van der Waals surface area contributed by atoms with Crippen LogP contribution in [-0.4, -0.2) is 26.2 Å². The monoisotopic (exact) mass is 303 g/mol. The van der Waals surface area contributed by atoms with Gasteiger partial charge in [-0.1, -0.05) is 18.2 Å². The number of methoxy groups -OCH3 is 1. The van der Waals surface area contributed by atoms with Crippen LogP contribution in [0.3, 0.4) is 0 Å². The van der Waals surface area contributed by atoms with E-state index in [0.717, 1.165) is 27.6 Å². The minimum Gasteiger partial charge on any atom is -0.481 e. The number of nitriles is 1. The van der Waals surface area contributed by atoms with Crippen LogP contribution in [0.5, 0.6) is 5.88 Å². The summed E-state index contributed by atoms with van der Waals surface area (Å²) in [5.74, 6) is 0.612. The first-order chi connectivity index (χ1) is 11.1. The number of benzene rings is 2. The molecule has 3 aromatic rings. The van der Waals surface area contributed by atoms with E-state index in [9.17, 15) is 0 Å². The van der Waals surface area contributed by atoms with Gasteiger partial charge in [0.15, 0.2) is 0 Å². The van der Waals surface area contributed by atoms with Crippen molar-refractivity contribution >= 4 is 16.5 Å². The normalized spacial score (nSPS) is 10.3. The smallest absolute Gasteiger partial charge is 0.221 e. The first-order valence-electron chi connectivity index (χ1n) is 7.28. The molecule has 4 nitrogen and oxygen atoms in total. The van der Waals surface area contributed by atoms with Gasteiger partial charge in [0, 0.05) is 36.9 Å². The minimum atomic E-state index is 0.612. The zero-order chi connectivity index (χ0) is 16.4. The maximum Gasteiger partial charge on any atom is 0.221 e. The third-order valence-corrected chi connectivity index (χ3v) is 3.87. The van der Waals surface area contributed by atoms with E-state index in [1.807, 2.05) is 49.5 Å². The Morgan fingerprint density at radius 2 is 1.78 bits per heavy atom. The molecule has 0 amide bonds. The molecule has 0 saturated carbocycles. The minimum absolute atomic E-state index is 0.612. The highest BCUT2D eigenvalue weighted by Crippen LogP contribution is 2.34. The predicted molar refractivity (Wildman–Crippen MR) is 92.8 cm³/mol. The number of hydrogen-bond acceptors (Lipinski definition) is 4. The van der Waals surface area contributed by atoms with Crippen molar-refractivity contribution < 1.29 is 4.74 Å². The van der Waals surface area contributed by atoms with Crippen LogP contribution in [0.1, 0.15) is 5.56 Å². The van der Waals surface area contributed by atoms with Crippen molar-refractivity contribution in [2.45, 2.75) is 0 Å². The fourth-order valence-corrected chi connectivity index (χ4v) is 2.60. The Hall–Kier alpha value is -3.06. The Kier molecular flexibility index (Phi) is 3.86. The molecule has 0 atom stereocenters. The molecule has 0 fully saturated rings. The van der Waals surface area contributed by atoms with E-state index < -0.39 is 0 Å². The van der Waals surface area contributed by atoms with E-state index in [2.05, 4.69) is 29.3 Å². The molecule has 0 spiro atoms. The zero-order valence-electron chi connectivity index (χ0n) is 13.4. The molecule has 0 bridgehead atoms. The number of rotatable bonds is 3. The van der Waals surface area contributed by atoms with Crippen LogP contribution in [0.25, 0.3) is 21.9 Å². The number of pyridine rings is 1. The Morgan fingerprint density at radius 1 is 1.04 bits per heavy atom. The molecule has 1 aromatic heterocycles. The molecule has 23 heavy (non-hydrogen) atoms. The summed E-state index contributed by atoms with van der Waals surface area (Å²) in [6.45, 7) is 0. The van der Waals surface area contributed by atoms with Crippen molar-refractivity contribution in [2.75, 3.05) is 26.1 Å². The Balaban J connectivity index is 2.23. The summed E-state index contributed by atoms with van der Waals surface area (Å²) in [5.41, 5.74) is 3.79. The standard InChI is InChI=1S/C19H17N3O/c1-22(2)15-8-9-16-17(10-15)19(23-3)21-12-18(16)14-6-4-13(11-20)5-7-14/h4-10,12H,1-3H3. The molecular formula is C19H17N3O. The SMILES string of the molecule is COc1ncc(-c2ccc(C#N)cc2)c2ccc(N(C)C)cc12. The molecule has 0 radical (unpaired) electrons. The quantitative estimate of drug-likeness (QED) is 0.737. The lowest BCUT2D eigenvalue weighted by molar-refractivity contribution is 0.403. The van der Waals surface area contributed by atoms with Crippen molar-refractivity contribution in [1.82, 2.24) is 4.98 Å². The van der Waals surface area contributed by atoms with Gasteiger partial charge in [-0.15, -0.1) is 0 Å². The second-order valence-corrected chi connectivity index (χ2v) is 5.49. The third-order valence-electron chi connectivity index (χ3n) is 3.87. The maximum atomic E-state index is 8.94. The van der Waals surface area contributed by atoms with E-state index in [0.29, 0.717) is 11.4 Å². The Labute approximate surface area is 135 Å². The van der Waals surface area contributed by atoms with Crippen LogP contribution >= 0.6 is 0 Å². The number of aromatic nitrogens is 1. The highest BCUT2D eigenvalue weighted by atomic mass is 16.5. The van der Waals surface area contributed by atoms with Crippen molar-refractivity contribution in [3.05, 3.63) is 54.2 Å². The van der Waals surface area contributed by atoms with Gasteiger partial charge in [0.2, 0.25) is 5.88 Å². The van der Waals surface area contributed by atoms with Gasteiger partial charge in [-0.3, -0.25) is 0 Å². The average molecular weight is 303 g/mol. The first-order valence-corrected chi connectivity index (χ1v) is 7.28. The summed E-state index contributed by atoms with van der Waals surface area (Å²) in [4.78, 5) is 6.49. The van der Waals surface area contributed by atoms with Gasteiger partial charge in [0.1, 0.15) is 0 Å². The van der Waals surface area contributed by atoms with E-state index in [1.165, 1.54) is 0 Å². The highest BCUT2D eigenvalue weighted by Gasteiger charge is 2.11. The van der Waals surface area contributed by atoms with E-state index >= 15 is 0 Å². The lowest BCUT2D eigenvalue weighted by Gasteiger charge is -2.15. The fourth-order valence-electron chi connectivity index (χ4n) is 2.60. The van der Waals surface area contributed by atoms with Gasteiger partial charge in [0.05, 0.1) is 18.7 Å². The first kappa shape index (κ1) is 14.9. The topological polar surface area (TPSA) is 49.1 Å². The van der Waals surface area contributed by atoms with Gasteiger partial charge in [-0.2, -0.15) is 5.26 Å². The Morgan fingerprint density at radius 3 is 2.39 bits per heavy atom. The summed E-state index contributed by atoms with van der Waals surface area (Å²) in [7, 11) is 5.64. The Bertz CT molecular complexity index is 893. The molecule has 0 aliphatic rings.